The summed E-state index contributed by atoms with van der Waals surface area (Å²) < 4.78 is 1.08. The topological polar surface area (TPSA) is 29.1 Å². The number of benzene rings is 1. The summed E-state index contributed by atoms with van der Waals surface area (Å²) in [6.45, 7) is 6.23. The smallest absolute Gasteiger partial charge is 0.224 e. The molecule has 0 radical (unpaired) electrons. The number of anilines is 1. The number of carbonyl (C=O) groups is 1. The minimum atomic E-state index is 0.110. The van der Waals surface area contributed by atoms with E-state index in [1.807, 2.05) is 6.92 Å². The van der Waals surface area contributed by atoms with E-state index in [9.17, 15) is 4.79 Å². The summed E-state index contributed by atoms with van der Waals surface area (Å²) in [7, 11) is 0. The zero-order valence-corrected chi connectivity index (χ0v) is 12.4. The van der Waals surface area contributed by atoms with E-state index in [2.05, 4.69) is 47.2 Å². The molecule has 17 heavy (non-hydrogen) atoms. The summed E-state index contributed by atoms with van der Waals surface area (Å²) in [6, 6.07) is 4.17. The molecule has 1 aromatic carbocycles. The van der Waals surface area contributed by atoms with Gasteiger partial charge in [-0.05, 0) is 42.5 Å². The maximum atomic E-state index is 11.7. The first-order valence-electron chi connectivity index (χ1n) is 6.23. The summed E-state index contributed by atoms with van der Waals surface area (Å²) in [5.74, 6) is 0.110. The highest BCUT2D eigenvalue weighted by atomic mass is 79.9. The second-order valence-corrected chi connectivity index (χ2v) is 5.02. The van der Waals surface area contributed by atoms with Gasteiger partial charge in [-0.15, -0.1) is 0 Å². The van der Waals surface area contributed by atoms with Crippen LogP contribution in [-0.2, 0) is 17.6 Å². The Morgan fingerprint density at radius 1 is 1.18 bits per heavy atom. The van der Waals surface area contributed by atoms with Crippen molar-refractivity contribution in [3.63, 3.8) is 0 Å². The molecule has 0 aromatic heterocycles. The lowest BCUT2D eigenvalue weighted by Crippen LogP contribution is -2.14. The average Bonchev–Trinajstić information content (AvgIpc) is 2.31. The molecule has 0 saturated carbocycles. The minimum absolute atomic E-state index is 0.110. The zero-order chi connectivity index (χ0) is 12.8. The Hall–Kier alpha value is -0.830. The maximum absolute atomic E-state index is 11.7. The van der Waals surface area contributed by atoms with Gasteiger partial charge in [-0.25, -0.2) is 0 Å². The Morgan fingerprint density at radius 3 is 2.12 bits per heavy atom. The number of hydrogen-bond acceptors (Lipinski definition) is 1. The van der Waals surface area contributed by atoms with Gasteiger partial charge < -0.3 is 5.32 Å². The van der Waals surface area contributed by atoms with Crippen LogP contribution in [0.15, 0.2) is 16.6 Å². The SMILES string of the molecule is CCCC(=O)Nc1c(CC)cc(Br)cc1CC. The van der Waals surface area contributed by atoms with E-state index in [0.29, 0.717) is 6.42 Å². The van der Waals surface area contributed by atoms with Gasteiger partial charge >= 0.3 is 0 Å². The molecular weight excluding hydrogens is 278 g/mol. The number of carbonyl (C=O) groups excluding carboxylic acids is 1. The van der Waals surface area contributed by atoms with Crippen LogP contribution in [0.2, 0.25) is 0 Å². The number of amides is 1. The summed E-state index contributed by atoms with van der Waals surface area (Å²) in [4.78, 5) is 11.7. The molecular formula is C14H20BrNO. The third kappa shape index (κ3) is 3.84. The summed E-state index contributed by atoms with van der Waals surface area (Å²) >= 11 is 3.51. The monoisotopic (exact) mass is 297 g/mol. The molecule has 1 amide bonds. The van der Waals surface area contributed by atoms with Crippen molar-refractivity contribution in [2.75, 3.05) is 5.32 Å². The van der Waals surface area contributed by atoms with Gasteiger partial charge in [0.05, 0.1) is 0 Å². The second kappa shape index (κ2) is 6.80. The van der Waals surface area contributed by atoms with Crippen molar-refractivity contribution in [2.24, 2.45) is 0 Å². The molecule has 1 rings (SSSR count). The van der Waals surface area contributed by atoms with Gasteiger partial charge in [-0.3, -0.25) is 4.79 Å². The van der Waals surface area contributed by atoms with Crippen molar-refractivity contribution >= 4 is 27.5 Å². The molecule has 1 N–H and O–H groups in total. The predicted molar refractivity (Wildman–Crippen MR) is 76.4 cm³/mol. The summed E-state index contributed by atoms with van der Waals surface area (Å²) in [6.07, 6.45) is 3.32. The fourth-order valence-electron chi connectivity index (χ4n) is 1.87. The number of aryl methyl sites for hydroxylation is 2. The van der Waals surface area contributed by atoms with Crippen LogP contribution in [0.25, 0.3) is 0 Å². The molecule has 0 fully saturated rings. The molecule has 0 aliphatic heterocycles. The van der Waals surface area contributed by atoms with E-state index in [4.69, 9.17) is 0 Å². The third-order valence-electron chi connectivity index (χ3n) is 2.77. The molecule has 0 aliphatic rings. The Morgan fingerprint density at radius 2 is 1.71 bits per heavy atom. The highest BCUT2D eigenvalue weighted by Crippen LogP contribution is 2.27. The van der Waals surface area contributed by atoms with Crippen LogP contribution >= 0.6 is 15.9 Å². The van der Waals surface area contributed by atoms with Crippen LogP contribution < -0.4 is 5.32 Å². The maximum Gasteiger partial charge on any atom is 0.224 e. The molecule has 0 atom stereocenters. The van der Waals surface area contributed by atoms with E-state index in [-0.39, 0.29) is 5.91 Å². The van der Waals surface area contributed by atoms with Crippen molar-refractivity contribution < 1.29 is 4.79 Å². The van der Waals surface area contributed by atoms with Crippen molar-refractivity contribution in [3.05, 3.63) is 27.7 Å². The van der Waals surface area contributed by atoms with E-state index in [1.165, 1.54) is 11.1 Å². The van der Waals surface area contributed by atoms with Crippen LogP contribution in [0.5, 0.6) is 0 Å². The Kier molecular flexibility index (Phi) is 5.69. The summed E-state index contributed by atoms with van der Waals surface area (Å²) in [5, 5.41) is 3.05. The van der Waals surface area contributed by atoms with Gasteiger partial charge in [0, 0.05) is 16.6 Å². The standard InChI is InChI=1S/C14H20BrNO/c1-4-7-13(17)16-14-10(5-2)8-12(15)9-11(14)6-3/h8-9H,4-7H2,1-3H3,(H,16,17). The average molecular weight is 298 g/mol. The molecule has 0 saturated heterocycles. The fourth-order valence-corrected chi connectivity index (χ4v) is 2.42. The first kappa shape index (κ1) is 14.2. The predicted octanol–water partition coefficient (Wildman–Crippen LogP) is 4.31. The van der Waals surface area contributed by atoms with Crippen molar-refractivity contribution in [3.8, 4) is 0 Å². The molecule has 0 spiro atoms. The van der Waals surface area contributed by atoms with Gasteiger partial charge in [0.25, 0.3) is 0 Å². The van der Waals surface area contributed by atoms with Gasteiger partial charge in [-0.2, -0.15) is 0 Å². The van der Waals surface area contributed by atoms with Gasteiger partial charge in [0.1, 0.15) is 0 Å². The van der Waals surface area contributed by atoms with Crippen LogP contribution in [0, 0.1) is 0 Å². The first-order valence-corrected chi connectivity index (χ1v) is 7.02. The molecule has 0 heterocycles. The van der Waals surface area contributed by atoms with Crippen molar-refractivity contribution in [2.45, 2.75) is 46.5 Å². The minimum Gasteiger partial charge on any atom is -0.326 e. The fraction of sp³-hybridized carbons (Fsp3) is 0.500. The molecule has 2 nitrogen and oxygen atoms in total. The van der Waals surface area contributed by atoms with Crippen LogP contribution in [0.4, 0.5) is 5.69 Å². The number of halogens is 1. The quantitative estimate of drug-likeness (QED) is 0.862. The van der Waals surface area contributed by atoms with E-state index < -0.39 is 0 Å². The zero-order valence-electron chi connectivity index (χ0n) is 10.8. The van der Waals surface area contributed by atoms with E-state index in [0.717, 1.165) is 29.4 Å². The summed E-state index contributed by atoms with van der Waals surface area (Å²) in [5.41, 5.74) is 3.40. The molecule has 3 heteroatoms. The van der Waals surface area contributed by atoms with Crippen LogP contribution in [-0.4, -0.2) is 5.91 Å². The molecule has 94 valence electrons. The van der Waals surface area contributed by atoms with E-state index >= 15 is 0 Å². The molecule has 0 aliphatic carbocycles. The third-order valence-corrected chi connectivity index (χ3v) is 3.23. The largest absolute Gasteiger partial charge is 0.326 e. The Bertz CT molecular complexity index is 376. The van der Waals surface area contributed by atoms with Crippen molar-refractivity contribution in [1.29, 1.82) is 0 Å². The lowest BCUT2D eigenvalue weighted by Gasteiger charge is -2.15. The van der Waals surface area contributed by atoms with Crippen LogP contribution in [0.3, 0.4) is 0 Å². The van der Waals surface area contributed by atoms with Gasteiger partial charge in [0.2, 0.25) is 5.91 Å². The number of rotatable bonds is 5. The highest BCUT2D eigenvalue weighted by Gasteiger charge is 2.10. The Labute approximate surface area is 112 Å². The molecule has 0 bridgehead atoms. The number of nitrogens with one attached hydrogen (secondary N) is 1. The normalized spacial score (nSPS) is 10.4. The second-order valence-electron chi connectivity index (χ2n) is 4.10. The number of hydrogen-bond donors (Lipinski definition) is 1. The van der Waals surface area contributed by atoms with Gasteiger partial charge in [0.15, 0.2) is 0 Å². The first-order chi connectivity index (χ1) is 8.12. The molecule has 1 aromatic rings. The molecule has 0 unspecified atom stereocenters. The van der Waals surface area contributed by atoms with Crippen LogP contribution in [0.1, 0.15) is 44.7 Å². The van der Waals surface area contributed by atoms with E-state index in [1.54, 1.807) is 0 Å². The lowest BCUT2D eigenvalue weighted by atomic mass is 10.0. The van der Waals surface area contributed by atoms with Gasteiger partial charge in [-0.1, -0.05) is 36.7 Å². The van der Waals surface area contributed by atoms with Crippen molar-refractivity contribution in [1.82, 2.24) is 0 Å². The highest BCUT2D eigenvalue weighted by molar-refractivity contribution is 9.10. The Balaban J connectivity index is 3.06. The lowest BCUT2D eigenvalue weighted by molar-refractivity contribution is -0.116.